The van der Waals surface area contributed by atoms with Crippen molar-refractivity contribution in [1.29, 1.82) is 0 Å². The van der Waals surface area contributed by atoms with Crippen LogP contribution >= 0.6 is 0 Å². The normalized spacial score (nSPS) is 10.1. The number of anilines is 3. The fraction of sp³-hybridized carbons (Fsp3) is 0.0909. The minimum Gasteiger partial charge on any atom is -0.376 e. The molecule has 0 saturated carbocycles. The summed E-state index contributed by atoms with van der Waals surface area (Å²) in [5.74, 6) is -0.498. The highest BCUT2D eigenvalue weighted by Crippen LogP contribution is 2.18. The molecule has 0 saturated heterocycles. The van der Waals surface area contributed by atoms with Crippen LogP contribution in [0.1, 0.15) is 15.9 Å². The highest BCUT2D eigenvalue weighted by atomic mass is 16.2. The van der Waals surface area contributed by atoms with Crippen molar-refractivity contribution in [2.24, 2.45) is 0 Å². The van der Waals surface area contributed by atoms with Gasteiger partial charge in [0.15, 0.2) is 0 Å². The molecule has 0 aliphatic rings. The van der Waals surface area contributed by atoms with Gasteiger partial charge in [0, 0.05) is 11.4 Å². The van der Waals surface area contributed by atoms with E-state index in [9.17, 15) is 9.59 Å². The maximum absolute atomic E-state index is 12.6. The molecule has 0 aromatic heterocycles. The summed E-state index contributed by atoms with van der Waals surface area (Å²) in [7, 11) is 0. The van der Waals surface area contributed by atoms with Crippen LogP contribution in [-0.4, -0.2) is 18.4 Å². The molecule has 0 atom stereocenters. The number of nitrogens with one attached hydrogen (secondary N) is 3. The molecule has 0 bridgehead atoms. The van der Waals surface area contributed by atoms with Gasteiger partial charge in [0.2, 0.25) is 5.91 Å². The topological polar surface area (TPSA) is 70.2 Å². The molecule has 0 radical (unpaired) electrons. The van der Waals surface area contributed by atoms with Crippen molar-refractivity contribution in [3.8, 4) is 0 Å². The quantitative estimate of drug-likeness (QED) is 0.615. The lowest BCUT2D eigenvalue weighted by molar-refractivity contribution is -0.114. The molecule has 0 fully saturated rings. The van der Waals surface area contributed by atoms with E-state index >= 15 is 0 Å². The summed E-state index contributed by atoms with van der Waals surface area (Å²) in [5, 5.41) is 8.74. The Morgan fingerprint density at radius 2 is 1.37 bits per heavy atom. The fourth-order valence-electron chi connectivity index (χ4n) is 2.65. The van der Waals surface area contributed by atoms with Crippen LogP contribution < -0.4 is 16.0 Å². The molecule has 3 rings (SSSR count). The van der Waals surface area contributed by atoms with Crippen molar-refractivity contribution >= 4 is 28.9 Å². The number of carbonyl (C=O) groups excluding carboxylic acids is 2. The number of hydrogen-bond acceptors (Lipinski definition) is 3. The van der Waals surface area contributed by atoms with Gasteiger partial charge in [-0.3, -0.25) is 9.59 Å². The monoisotopic (exact) mass is 359 g/mol. The van der Waals surface area contributed by atoms with Crippen molar-refractivity contribution in [3.63, 3.8) is 0 Å². The van der Waals surface area contributed by atoms with E-state index in [2.05, 4.69) is 16.0 Å². The minimum absolute atomic E-state index is 0.111. The molecule has 0 unspecified atom stereocenters. The fourth-order valence-corrected chi connectivity index (χ4v) is 2.65. The number of carbonyl (C=O) groups is 2. The second-order valence-corrected chi connectivity index (χ2v) is 6.08. The first-order valence-electron chi connectivity index (χ1n) is 8.68. The Morgan fingerprint density at radius 3 is 2.11 bits per heavy atom. The molecule has 3 aromatic carbocycles. The second kappa shape index (κ2) is 8.67. The van der Waals surface area contributed by atoms with Crippen molar-refractivity contribution in [2.75, 3.05) is 22.5 Å². The summed E-state index contributed by atoms with van der Waals surface area (Å²) in [6.07, 6.45) is 0. The van der Waals surface area contributed by atoms with Crippen LogP contribution in [0.3, 0.4) is 0 Å². The van der Waals surface area contributed by atoms with E-state index in [-0.39, 0.29) is 18.4 Å². The molecule has 0 spiro atoms. The Bertz CT molecular complexity index is 939. The molecule has 27 heavy (non-hydrogen) atoms. The van der Waals surface area contributed by atoms with Crippen LogP contribution in [-0.2, 0) is 4.79 Å². The zero-order chi connectivity index (χ0) is 19.1. The van der Waals surface area contributed by atoms with Crippen LogP contribution in [0.2, 0.25) is 0 Å². The molecule has 136 valence electrons. The first kappa shape index (κ1) is 18.2. The average molecular weight is 359 g/mol. The number of amides is 2. The van der Waals surface area contributed by atoms with E-state index < -0.39 is 0 Å². The van der Waals surface area contributed by atoms with Crippen LogP contribution in [0.5, 0.6) is 0 Å². The minimum atomic E-state index is -0.274. The smallest absolute Gasteiger partial charge is 0.257 e. The molecular weight excluding hydrogens is 338 g/mol. The van der Waals surface area contributed by atoms with Crippen molar-refractivity contribution in [2.45, 2.75) is 6.92 Å². The lowest BCUT2D eigenvalue weighted by atomic mass is 10.1. The number of aryl methyl sites for hydroxylation is 1. The number of rotatable bonds is 6. The summed E-state index contributed by atoms with van der Waals surface area (Å²) < 4.78 is 0. The largest absolute Gasteiger partial charge is 0.376 e. The van der Waals surface area contributed by atoms with E-state index in [0.29, 0.717) is 16.9 Å². The summed E-state index contributed by atoms with van der Waals surface area (Å²) >= 11 is 0. The Hall–Kier alpha value is -3.60. The average Bonchev–Trinajstić information content (AvgIpc) is 2.68. The van der Waals surface area contributed by atoms with Gasteiger partial charge in [0.25, 0.3) is 5.91 Å². The SMILES string of the molecule is Cc1ccccc1NCC(=O)Nc1ccccc1C(=O)Nc1ccccc1. The van der Waals surface area contributed by atoms with Gasteiger partial charge in [0.05, 0.1) is 17.8 Å². The molecule has 2 amide bonds. The van der Waals surface area contributed by atoms with Crippen LogP contribution in [0, 0.1) is 6.92 Å². The Labute approximate surface area is 158 Å². The standard InChI is InChI=1S/C22H21N3O2/c1-16-9-5-7-13-19(16)23-15-21(26)25-20-14-8-6-12-18(20)22(27)24-17-10-3-2-4-11-17/h2-14,23H,15H2,1H3,(H,24,27)(H,25,26). The summed E-state index contributed by atoms with van der Waals surface area (Å²) in [6.45, 7) is 2.09. The van der Waals surface area contributed by atoms with Gasteiger partial charge in [-0.1, -0.05) is 48.5 Å². The van der Waals surface area contributed by atoms with Crippen molar-refractivity contribution in [1.82, 2.24) is 0 Å². The molecule has 0 heterocycles. The van der Waals surface area contributed by atoms with Gasteiger partial charge in [-0.2, -0.15) is 0 Å². The molecule has 3 N–H and O–H groups in total. The van der Waals surface area contributed by atoms with Gasteiger partial charge in [-0.05, 0) is 42.8 Å². The van der Waals surface area contributed by atoms with Crippen molar-refractivity contribution < 1.29 is 9.59 Å². The number of hydrogen-bond donors (Lipinski definition) is 3. The summed E-state index contributed by atoms with van der Waals surface area (Å²) in [5.41, 5.74) is 3.55. The first-order chi connectivity index (χ1) is 13.1. The molecule has 0 aliphatic heterocycles. The van der Waals surface area contributed by atoms with Gasteiger partial charge < -0.3 is 16.0 Å². The van der Waals surface area contributed by atoms with E-state index in [1.165, 1.54) is 0 Å². The number of para-hydroxylation sites is 3. The van der Waals surface area contributed by atoms with Crippen LogP contribution in [0.15, 0.2) is 78.9 Å². The Kier molecular flexibility index (Phi) is 5.84. The molecule has 5 heteroatoms. The number of benzene rings is 3. The van der Waals surface area contributed by atoms with E-state index in [1.54, 1.807) is 24.3 Å². The van der Waals surface area contributed by atoms with Crippen molar-refractivity contribution in [3.05, 3.63) is 90.0 Å². The van der Waals surface area contributed by atoms with E-state index in [1.807, 2.05) is 61.5 Å². The predicted octanol–water partition coefficient (Wildman–Crippen LogP) is 4.30. The van der Waals surface area contributed by atoms with Gasteiger partial charge in [-0.25, -0.2) is 0 Å². The van der Waals surface area contributed by atoms with Crippen LogP contribution in [0.4, 0.5) is 17.1 Å². The zero-order valence-corrected chi connectivity index (χ0v) is 15.0. The molecule has 5 nitrogen and oxygen atoms in total. The van der Waals surface area contributed by atoms with E-state index in [0.717, 1.165) is 11.3 Å². The highest BCUT2D eigenvalue weighted by Gasteiger charge is 2.13. The molecule has 3 aromatic rings. The third-order valence-corrected chi connectivity index (χ3v) is 4.06. The summed E-state index contributed by atoms with van der Waals surface area (Å²) in [4.78, 5) is 24.9. The Morgan fingerprint density at radius 1 is 0.741 bits per heavy atom. The van der Waals surface area contributed by atoms with Gasteiger partial charge >= 0.3 is 0 Å². The third-order valence-electron chi connectivity index (χ3n) is 4.06. The summed E-state index contributed by atoms with van der Waals surface area (Å²) in [6, 6.07) is 23.9. The highest BCUT2D eigenvalue weighted by molar-refractivity contribution is 6.10. The van der Waals surface area contributed by atoms with E-state index in [4.69, 9.17) is 0 Å². The maximum Gasteiger partial charge on any atom is 0.257 e. The molecule has 0 aliphatic carbocycles. The van der Waals surface area contributed by atoms with Crippen LogP contribution in [0.25, 0.3) is 0 Å². The second-order valence-electron chi connectivity index (χ2n) is 6.08. The predicted molar refractivity (Wildman–Crippen MR) is 109 cm³/mol. The Balaban J connectivity index is 1.66. The first-order valence-corrected chi connectivity index (χ1v) is 8.68. The maximum atomic E-state index is 12.6. The van der Waals surface area contributed by atoms with Gasteiger partial charge in [0.1, 0.15) is 0 Å². The lowest BCUT2D eigenvalue weighted by Crippen LogP contribution is -2.24. The molecular formula is C22H21N3O2. The van der Waals surface area contributed by atoms with Gasteiger partial charge in [-0.15, -0.1) is 0 Å². The zero-order valence-electron chi connectivity index (χ0n) is 15.0. The third kappa shape index (κ3) is 4.95. The lowest BCUT2D eigenvalue weighted by Gasteiger charge is -2.13.